The normalized spacial score (nSPS) is 10.4. The number of halogens is 2. The first-order chi connectivity index (χ1) is 10.0. The van der Waals surface area contributed by atoms with Crippen molar-refractivity contribution >= 4 is 40.5 Å². The number of nitrogens with two attached hydrogens (primary N) is 1. The molecule has 1 amide bonds. The summed E-state index contributed by atoms with van der Waals surface area (Å²) in [5.74, 6) is -0.372. The zero-order valence-electron chi connectivity index (χ0n) is 11.3. The Bertz CT molecular complexity index is 675. The van der Waals surface area contributed by atoms with Gasteiger partial charge in [0.1, 0.15) is 0 Å². The lowest BCUT2D eigenvalue weighted by Gasteiger charge is -2.10. The van der Waals surface area contributed by atoms with E-state index in [2.05, 4.69) is 5.32 Å². The van der Waals surface area contributed by atoms with E-state index < -0.39 is 0 Å². The van der Waals surface area contributed by atoms with Crippen LogP contribution in [0.2, 0.25) is 10.0 Å². The van der Waals surface area contributed by atoms with Crippen molar-refractivity contribution in [3.8, 4) is 0 Å². The van der Waals surface area contributed by atoms with Crippen molar-refractivity contribution in [2.24, 2.45) is 0 Å². The van der Waals surface area contributed by atoms with E-state index in [1.807, 2.05) is 18.2 Å². The van der Waals surface area contributed by atoms with Gasteiger partial charge in [0.05, 0.1) is 22.2 Å². The topological polar surface area (TPSA) is 64.3 Å². The van der Waals surface area contributed by atoms with Crippen LogP contribution in [0, 0.1) is 0 Å². The summed E-state index contributed by atoms with van der Waals surface area (Å²) < 4.78 is 5.06. The molecule has 0 saturated heterocycles. The second kappa shape index (κ2) is 6.80. The van der Waals surface area contributed by atoms with Crippen molar-refractivity contribution in [1.29, 1.82) is 0 Å². The zero-order valence-corrected chi connectivity index (χ0v) is 12.8. The van der Waals surface area contributed by atoms with Crippen LogP contribution in [0.5, 0.6) is 0 Å². The second-order valence-electron chi connectivity index (χ2n) is 4.45. The molecule has 4 nitrogen and oxygen atoms in total. The minimum atomic E-state index is -0.372. The number of amides is 1. The van der Waals surface area contributed by atoms with E-state index in [1.54, 1.807) is 13.2 Å². The fraction of sp³-hybridized carbons (Fsp3) is 0.133. The molecule has 0 radical (unpaired) electrons. The highest BCUT2D eigenvalue weighted by molar-refractivity contribution is 6.44. The van der Waals surface area contributed by atoms with Crippen LogP contribution in [0.1, 0.15) is 15.9 Å². The minimum Gasteiger partial charge on any atom is -0.399 e. The smallest absolute Gasteiger partial charge is 0.257 e. The number of hydrogen-bond acceptors (Lipinski definition) is 3. The van der Waals surface area contributed by atoms with Gasteiger partial charge in [-0.05, 0) is 29.8 Å². The van der Waals surface area contributed by atoms with Gasteiger partial charge in [-0.1, -0.05) is 35.3 Å². The van der Waals surface area contributed by atoms with Crippen LogP contribution in [0.25, 0.3) is 0 Å². The van der Waals surface area contributed by atoms with Crippen LogP contribution >= 0.6 is 23.2 Å². The molecule has 0 aliphatic carbocycles. The molecule has 6 heteroatoms. The molecule has 0 heterocycles. The van der Waals surface area contributed by atoms with Crippen molar-refractivity contribution in [2.45, 2.75) is 6.61 Å². The number of carbonyl (C=O) groups is 1. The lowest BCUT2D eigenvalue weighted by molar-refractivity contribution is 0.102. The second-order valence-corrected chi connectivity index (χ2v) is 5.24. The number of rotatable bonds is 4. The van der Waals surface area contributed by atoms with E-state index in [9.17, 15) is 4.79 Å². The SMILES string of the molecule is COCc1cccc(NC(=O)c2cc(N)cc(Cl)c2Cl)c1. The van der Waals surface area contributed by atoms with Gasteiger partial charge in [-0.15, -0.1) is 0 Å². The average Bonchev–Trinajstić information content (AvgIpc) is 2.43. The van der Waals surface area contributed by atoms with Crippen molar-refractivity contribution in [3.05, 3.63) is 57.6 Å². The molecule has 2 aromatic rings. The molecule has 110 valence electrons. The van der Waals surface area contributed by atoms with Crippen LogP contribution in [0.15, 0.2) is 36.4 Å². The number of carbonyl (C=O) groups excluding carboxylic acids is 1. The quantitative estimate of drug-likeness (QED) is 0.836. The summed E-state index contributed by atoms with van der Waals surface area (Å²) in [4.78, 5) is 12.3. The highest BCUT2D eigenvalue weighted by atomic mass is 35.5. The lowest BCUT2D eigenvalue weighted by atomic mass is 10.1. The maximum atomic E-state index is 12.3. The molecule has 21 heavy (non-hydrogen) atoms. The Balaban J connectivity index is 2.24. The van der Waals surface area contributed by atoms with Crippen molar-refractivity contribution in [3.63, 3.8) is 0 Å². The summed E-state index contributed by atoms with van der Waals surface area (Å²) in [6.07, 6.45) is 0. The van der Waals surface area contributed by atoms with E-state index in [1.165, 1.54) is 12.1 Å². The molecule has 0 unspecified atom stereocenters. The van der Waals surface area contributed by atoms with Crippen LogP contribution in [0.3, 0.4) is 0 Å². The maximum Gasteiger partial charge on any atom is 0.257 e. The number of hydrogen-bond donors (Lipinski definition) is 2. The summed E-state index contributed by atoms with van der Waals surface area (Å²) in [5.41, 5.74) is 7.89. The van der Waals surface area contributed by atoms with E-state index >= 15 is 0 Å². The number of ether oxygens (including phenoxy) is 1. The molecule has 0 aliphatic rings. The number of anilines is 2. The summed E-state index contributed by atoms with van der Waals surface area (Å²) >= 11 is 12.0. The van der Waals surface area contributed by atoms with Crippen LogP contribution < -0.4 is 11.1 Å². The summed E-state index contributed by atoms with van der Waals surface area (Å²) in [7, 11) is 1.61. The molecule has 0 bridgehead atoms. The summed E-state index contributed by atoms with van der Waals surface area (Å²) in [6, 6.07) is 10.3. The van der Waals surface area contributed by atoms with Gasteiger partial charge < -0.3 is 15.8 Å². The molecule has 2 rings (SSSR count). The average molecular weight is 325 g/mol. The number of nitrogen functional groups attached to an aromatic ring is 1. The predicted molar refractivity (Wildman–Crippen MR) is 86.0 cm³/mol. The Kier molecular flexibility index (Phi) is 5.07. The highest BCUT2D eigenvalue weighted by Gasteiger charge is 2.14. The molecule has 0 aromatic heterocycles. The fourth-order valence-electron chi connectivity index (χ4n) is 1.88. The van der Waals surface area contributed by atoms with Crippen molar-refractivity contribution in [2.75, 3.05) is 18.2 Å². The van der Waals surface area contributed by atoms with E-state index in [0.29, 0.717) is 18.0 Å². The van der Waals surface area contributed by atoms with E-state index in [-0.39, 0.29) is 21.5 Å². The molecule has 2 aromatic carbocycles. The Labute approximate surface area is 132 Å². The minimum absolute atomic E-state index is 0.177. The zero-order chi connectivity index (χ0) is 15.4. The van der Waals surface area contributed by atoms with Gasteiger partial charge in [-0.2, -0.15) is 0 Å². The van der Waals surface area contributed by atoms with Gasteiger partial charge in [0.25, 0.3) is 5.91 Å². The van der Waals surface area contributed by atoms with Crippen LogP contribution in [-0.4, -0.2) is 13.0 Å². The van der Waals surface area contributed by atoms with Gasteiger partial charge in [0.2, 0.25) is 0 Å². The Morgan fingerprint density at radius 2 is 2.05 bits per heavy atom. The first kappa shape index (κ1) is 15.6. The first-order valence-electron chi connectivity index (χ1n) is 6.15. The summed E-state index contributed by atoms with van der Waals surface area (Å²) in [5, 5.41) is 3.18. The first-order valence-corrected chi connectivity index (χ1v) is 6.90. The molecule has 3 N–H and O–H groups in total. The van der Waals surface area contributed by atoms with Crippen LogP contribution in [0.4, 0.5) is 11.4 Å². The summed E-state index contributed by atoms with van der Waals surface area (Å²) in [6.45, 7) is 0.467. The molecular formula is C15H14Cl2N2O2. The van der Waals surface area contributed by atoms with E-state index in [0.717, 1.165) is 5.56 Å². The van der Waals surface area contributed by atoms with Crippen molar-refractivity contribution in [1.82, 2.24) is 0 Å². The highest BCUT2D eigenvalue weighted by Crippen LogP contribution is 2.29. The van der Waals surface area contributed by atoms with Gasteiger partial charge in [0.15, 0.2) is 0 Å². The van der Waals surface area contributed by atoms with E-state index in [4.69, 9.17) is 33.7 Å². The molecule has 0 saturated carbocycles. The van der Waals surface area contributed by atoms with Crippen molar-refractivity contribution < 1.29 is 9.53 Å². The van der Waals surface area contributed by atoms with Gasteiger partial charge in [-0.25, -0.2) is 0 Å². The monoisotopic (exact) mass is 324 g/mol. The standard InChI is InChI=1S/C15H14Cl2N2O2/c1-21-8-9-3-2-4-11(5-9)19-15(20)12-6-10(18)7-13(16)14(12)17/h2-7H,8,18H2,1H3,(H,19,20). The Hall–Kier alpha value is -1.75. The number of nitrogens with one attached hydrogen (secondary N) is 1. The van der Waals surface area contributed by atoms with Gasteiger partial charge >= 0.3 is 0 Å². The fourth-order valence-corrected chi connectivity index (χ4v) is 2.30. The molecule has 0 aliphatic heterocycles. The third-order valence-electron chi connectivity index (χ3n) is 2.79. The van der Waals surface area contributed by atoms with Crippen LogP contribution in [-0.2, 0) is 11.3 Å². The Morgan fingerprint density at radius 1 is 1.29 bits per heavy atom. The molecule has 0 fully saturated rings. The third-order valence-corrected chi connectivity index (χ3v) is 3.59. The van der Waals surface area contributed by atoms with Gasteiger partial charge in [0, 0.05) is 18.5 Å². The lowest BCUT2D eigenvalue weighted by Crippen LogP contribution is -2.13. The largest absolute Gasteiger partial charge is 0.399 e. The predicted octanol–water partition coefficient (Wildman–Crippen LogP) is 3.97. The van der Waals surface area contributed by atoms with Gasteiger partial charge in [-0.3, -0.25) is 4.79 Å². The Morgan fingerprint density at radius 3 is 2.76 bits per heavy atom. The number of methoxy groups -OCH3 is 1. The maximum absolute atomic E-state index is 12.3. The number of benzene rings is 2. The molecule has 0 spiro atoms. The molecular weight excluding hydrogens is 311 g/mol. The molecule has 0 atom stereocenters. The third kappa shape index (κ3) is 3.88.